The van der Waals surface area contributed by atoms with Crippen molar-refractivity contribution in [3.05, 3.63) is 0 Å². The summed E-state index contributed by atoms with van der Waals surface area (Å²) in [5.41, 5.74) is -0.650. The molecule has 0 aliphatic carbocycles. The van der Waals surface area contributed by atoms with Crippen molar-refractivity contribution in [2.45, 2.75) is 65.1 Å². The van der Waals surface area contributed by atoms with E-state index in [1.54, 1.807) is 20.8 Å². The van der Waals surface area contributed by atoms with Crippen LogP contribution < -0.4 is 21.3 Å². The molecule has 0 fully saturated rings. The lowest BCUT2D eigenvalue weighted by atomic mass is 10.0. The maximum absolute atomic E-state index is 12.5. The Morgan fingerprint density at radius 1 is 0.938 bits per heavy atom. The normalized spacial score (nSPS) is 12.9. The van der Waals surface area contributed by atoms with Crippen LogP contribution in [-0.2, 0) is 28.7 Å². The van der Waals surface area contributed by atoms with Gasteiger partial charge >= 0.3 is 12.1 Å². The summed E-state index contributed by atoms with van der Waals surface area (Å²) in [6.45, 7) is 8.60. The Balaban J connectivity index is 4.65. The highest BCUT2D eigenvalue weighted by atomic mass is 32.1. The number of alkyl carbamates (subject to hydrolysis) is 1. The molecule has 184 valence electrons. The Kier molecular flexibility index (Phi) is 13.4. The first-order valence-electron chi connectivity index (χ1n) is 10.3. The zero-order chi connectivity index (χ0) is 24.9. The number of hydrogen-bond acceptors (Lipinski definition) is 8. The largest absolute Gasteiger partial charge is 0.467 e. The number of methoxy groups -OCH3 is 1. The molecule has 12 heteroatoms. The minimum Gasteiger partial charge on any atom is -0.467 e. The third kappa shape index (κ3) is 13.7. The number of carbonyl (C=O) groups is 5. The molecular formula is C20H36N4O7S. The zero-order valence-electron chi connectivity index (χ0n) is 19.6. The van der Waals surface area contributed by atoms with Gasteiger partial charge in [-0.15, -0.1) is 0 Å². The first kappa shape index (κ1) is 29.5. The summed E-state index contributed by atoms with van der Waals surface area (Å²) < 4.78 is 9.64. The van der Waals surface area contributed by atoms with E-state index in [9.17, 15) is 24.0 Å². The second-order valence-electron chi connectivity index (χ2n) is 8.47. The molecule has 11 nitrogen and oxygen atoms in total. The number of thiol groups is 1. The van der Waals surface area contributed by atoms with Gasteiger partial charge in [-0.3, -0.25) is 14.4 Å². The maximum Gasteiger partial charge on any atom is 0.407 e. The first-order chi connectivity index (χ1) is 14.8. The van der Waals surface area contributed by atoms with Gasteiger partial charge in [-0.1, -0.05) is 13.8 Å². The van der Waals surface area contributed by atoms with E-state index in [4.69, 9.17) is 4.74 Å². The molecule has 32 heavy (non-hydrogen) atoms. The number of esters is 1. The fourth-order valence-corrected chi connectivity index (χ4v) is 2.66. The third-order valence-electron chi connectivity index (χ3n) is 3.81. The van der Waals surface area contributed by atoms with Crippen molar-refractivity contribution >= 4 is 42.4 Å². The third-order valence-corrected chi connectivity index (χ3v) is 4.17. The van der Waals surface area contributed by atoms with Gasteiger partial charge in [-0.2, -0.15) is 12.6 Å². The van der Waals surface area contributed by atoms with Gasteiger partial charge in [0.25, 0.3) is 0 Å². The summed E-state index contributed by atoms with van der Waals surface area (Å²) in [5, 5.41) is 9.93. The highest BCUT2D eigenvalue weighted by Crippen LogP contribution is 2.07. The fourth-order valence-electron chi connectivity index (χ4n) is 2.42. The molecule has 0 spiro atoms. The Morgan fingerprint density at radius 2 is 1.53 bits per heavy atom. The van der Waals surface area contributed by atoms with Crippen LogP contribution in [0, 0.1) is 5.92 Å². The minimum absolute atomic E-state index is 0.0374. The molecule has 0 aromatic carbocycles. The second kappa shape index (κ2) is 14.5. The van der Waals surface area contributed by atoms with Crippen molar-refractivity contribution in [3.8, 4) is 0 Å². The topological polar surface area (TPSA) is 152 Å². The predicted octanol–water partition coefficient (Wildman–Crippen LogP) is 0.136. The molecule has 0 aliphatic rings. The van der Waals surface area contributed by atoms with E-state index < -0.39 is 47.5 Å². The van der Waals surface area contributed by atoms with E-state index in [0.717, 1.165) is 0 Å². The van der Waals surface area contributed by atoms with Crippen molar-refractivity contribution in [2.24, 2.45) is 5.92 Å². The van der Waals surface area contributed by atoms with Gasteiger partial charge in [0.1, 0.15) is 17.7 Å². The van der Waals surface area contributed by atoms with Crippen molar-refractivity contribution in [2.75, 3.05) is 26.0 Å². The molecule has 0 aliphatic heterocycles. The Labute approximate surface area is 194 Å². The van der Waals surface area contributed by atoms with E-state index in [2.05, 4.69) is 38.6 Å². The number of rotatable bonds is 12. The number of nitrogens with one attached hydrogen (secondary N) is 4. The Bertz CT molecular complexity index is 665. The van der Waals surface area contributed by atoms with Gasteiger partial charge in [0.05, 0.1) is 13.7 Å². The van der Waals surface area contributed by atoms with E-state index in [-0.39, 0.29) is 31.2 Å². The van der Waals surface area contributed by atoms with E-state index in [1.165, 1.54) is 7.11 Å². The molecule has 0 aromatic rings. The van der Waals surface area contributed by atoms with Crippen LogP contribution in [-0.4, -0.2) is 73.4 Å². The molecule has 4 N–H and O–H groups in total. The van der Waals surface area contributed by atoms with Gasteiger partial charge in [0, 0.05) is 18.7 Å². The van der Waals surface area contributed by atoms with Crippen LogP contribution >= 0.6 is 12.6 Å². The summed E-state index contributed by atoms with van der Waals surface area (Å²) in [7, 11) is 1.19. The van der Waals surface area contributed by atoms with E-state index in [0.29, 0.717) is 6.42 Å². The minimum atomic E-state index is -0.934. The molecule has 0 bridgehead atoms. The van der Waals surface area contributed by atoms with Crippen molar-refractivity contribution < 1.29 is 33.4 Å². The van der Waals surface area contributed by atoms with Crippen LogP contribution in [0.25, 0.3) is 0 Å². The van der Waals surface area contributed by atoms with Gasteiger partial charge < -0.3 is 30.7 Å². The van der Waals surface area contributed by atoms with Gasteiger partial charge in [0.15, 0.2) is 0 Å². The molecule has 0 rings (SSSR count). The molecule has 0 saturated heterocycles. The SMILES string of the molecule is COC(=O)[C@H](CS)NC(=O)CNC(=O)[C@H](CC(C)C)NC(=O)CCNC(=O)OC(C)(C)C. The summed E-state index contributed by atoms with van der Waals surface area (Å²) in [4.78, 5) is 59.8. The van der Waals surface area contributed by atoms with Crippen molar-refractivity contribution in [3.63, 3.8) is 0 Å². The highest BCUT2D eigenvalue weighted by Gasteiger charge is 2.24. The molecule has 4 amide bonds. The number of ether oxygens (including phenoxy) is 2. The molecule has 0 saturated carbocycles. The second-order valence-corrected chi connectivity index (χ2v) is 8.84. The van der Waals surface area contributed by atoms with Gasteiger partial charge in [-0.25, -0.2) is 9.59 Å². The van der Waals surface area contributed by atoms with Crippen molar-refractivity contribution in [1.82, 2.24) is 21.3 Å². The van der Waals surface area contributed by atoms with Gasteiger partial charge in [0.2, 0.25) is 17.7 Å². The van der Waals surface area contributed by atoms with Crippen LogP contribution in [0.1, 0.15) is 47.5 Å². The molecule has 0 aromatic heterocycles. The summed E-state index contributed by atoms with van der Waals surface area (Å²) in [6, 6.07) is -1.80. The highest BCUT2D eigenvalue weighted by molar-refractivity contribution is 7.80. The van der Waals surface area contributed by atoms with E-state index >= 15 is 0 Å². The van der Waals surface area contributed by atoms with Crippen LogP contribution in [0.3, 0.4) is 0 Å². The number of hydrogen-bond donors (Lipinski definition) is 5. The lowest BCUT2D eigenvalue weighted by Crippen LogP contribution is -2.51. The Morgan fingerprint density at radius 3 is 2.03 bits per heavy atom. The molecular weight excluding hydrogens is 440 g/mol. The number of amides is 4. The lowest BCUT2D eigenvalue weighted by molar-refractivity contribution is -0.144. The fraction of sp³-hybridized carbons (Fsp3) is 0.750. The monoisotopic (exact) mass is 476 g/mol. The zero-order valence-corrected chi connectivity index (χ0v) is 20.5. The quantitative estimate of drug-likeness (QED) is 0.198. The summed E-state index contributed by atoms with van der Waals surface area (Å²) in [5.74, 6) is -2.10. The molecule has 0 unspecified atom stereocenters. The first-order valence-corrected chi connectivity index (χ1v) is 10.9. The standard InChI is InChI=1S/C20H36N4O7S/c1-12(2)9-13(23-15(25)7-8-21-19(29)31-20(3,4)5)17(27)22-10-16(26)24-14(11-32)18(28)30-6/h12-14,32H,7-11H2,1-6H3,(H,21,29)(H,22,27)(H,23,25)(H,24,26)/t13-,14-/m0/s1. The average Bonchev–Trinajstić information content (AvgIpc) is 2.67. The van der Waals surface area contributed by atoms with Crippen molar-refractivity contribution in [1.29, 1.82) is 0 Å². The average molecular weight is 477 g/mol. The summed E-state index contributed by atoms with van der Waals surface area (Å²) in [6.07, 6.45) is -0.343. The van der Waals surface area contributed by atoms with Crippen LogP contribution in [0.15, 0.2) is 0 Å². The molecule has 0 radical (unpaired) electrons. The maximum atomic E-state index is 12.5. The van der Waals surface area contributed by atoms with Crippen LogP contribution in [0.5, 0.6) is 0 Å². The Hall–Kier alpha value is -2.50. The molecule has 2 atom stereocenters. The predicted molar refractivity (Wildman–Crippen MR) is 121 cm³/mol. The van der Waals surface area contributed by atoms with Crippen LogP contribution in [0.2, 0.25) is 0 Å². The van der Waals surface area contributed by atoms with E-state index in [1.807, 2.05) is 13.8 Å². The lowest BCUT2D eigenvalue weighted by Gasteiger charge is -2.21. The smallest absolute Gasteiger partial charge is 0.407 e. The summed E-state index contributed by atoms with van der Waals surface area (Å²) >= 11 is 3.98. The molecule has 0 heterocycles. The van der Waals surface area contributed by atoms with Gasteiger partial charge in [-0.05, 0) is 33.1 Å². The number of carbonyl (C=O) groups excluding carboxylic acids is 5. The van der Waals surface area contributed by atoms with Crippen LogP contribution in [0.4, 0.5) is 4.79 Å².